The lowest BCUT2D eigenvalue weighted by atomic mass is 9.84. The highest BCUT2D eigenvalue weighted by Gasteiger charge is 2.55. The molecule has 3 fully saturated rings. The fourth-order valence-corrected chi connectivity index (χ4v) is 7.67. The molecule has 322 valence electrons. The predicted octanol–water partition coefficient (Wildman–Crippen LogP) is -3.05. The highest BCUT2D eigenvalue weighted by Crippen LogP contribution is 2.37. The molecule has 21 heteroatoms. The molecular weight excluding hydrogens is 766 g/mol. The number of rotatable bonds is 24. The van der Waals surface area contributed by atoms with Gasteiger partial charge in [-0.15, -0.1) is 11.8 Å². The third-order valence-corrected chi connectivity index (χ3v) is 11.4. The van der Waals surface area contributed by atoms with E-state index in [9.17, 15) is 64.8 Å². The number of nitrogens with zero attached hydrogens (tertiary/aromatic N) is 1. The molecule has 0 saturated carbocycles. The summed E-state index contributed by atoms with van der Waals surface area (Å²) in [6, 6.07) is 0. The zero-order valence-corrected chi connectivity index (χ0v) is 32.6. The van der Waals surface area contributed by atoms with E-state index in [-0.39, 0.29) is 43.1 Å². The van der Waals surface area contributed by atoms with Crippen LogP contribution in [-0.2, 0) is 42.9 Å². The van der Waals surface area contributed by atoms with Crippen molar-refractivity contribution in [1.29, 1.82) is 0 Å². The molecule has 20 nitrogen and oxygen atoms in total. The van der Waals surface area contributed by atoms with Crippen LogP contribution in [0.3, 0.4) is 0 Å². The van der Waals surface area contributed by atoms with E-state index < -0.39 is 97.7 Å². The molecule has 4 amide bonds. The summed E-state index contributed by atoms with van der Waals surface area (Å²) in [4.78, 5) is 62.2. The van der Waals surface area contributed by atoms with Gasteiger partial charge in [-0.25, -0.2) is 4.79 Å². The quantitative estimate of drug-likeness (QED) is 0.0342. The number of imide groups is 1. The molecule has 4 unspecified atom stereocenters. The second kappa shape index (κ2) is 23.2. The Morgan fingerprint density at radius 2 is 1.70 bits per heavy atom. The molecule has 0 aliphatic carbocycles. The topological polar surface area (TPSA) is 311 Å². The third-order valence-electron chi connectivity index (χ3n) is 10.2. The smallest absolute Gasteiger partial charge is 0.364 e. The van der Waals surface area contributed by atoms with Crippen LogP contribution in [0.1, 0.15) is 71.1 Å². The van der Waals surface area contributed by atoms with Crippen molar-refractivity contribution >= 4 is 41.4 Å². The number of hydrogen-bond donors (Lipinski definition) is 10. The summed E-state index contributed by atoms with van der Waals surface area (Å²) in [5, 5.41) is 86.4. The molecule has 3 aliphatic rings. The Bertz CT molecular complexity index is 1300. The van der Waals surface area contributed by atoms with Crippen LogP contribution in [0, 0.1) is 5.92 Å². The number of aliphatic hydroxyl groups excluding tert-OH is 7. The summed E-state index contributed by atoms with van der Waals surface area (Å²) in [6.07, 6.45) is -10.7. The van der Waals surface area contributed by atoms with Gasteiger partial charge in [-0.05, 0) is 32.1 Å². The number of thioether (sulfide) groups is 1. The van der Waals surface area contributed by atoms with Crippen LogP contribution in [0.4, 0.5) is 0 Å². The molecule has 3 saturated heterocycles. The number of carbonyl (C=O) groups is 5. The third kappa shape index (κ3) is 13.2. The van der Waals surface area contributed by atoms with E-state index in [4.69, 9.17) is 18.9 Å². The summed E-state index contributed by atoms with van der Waals surface area (Å²) in [6.45, 7) is 0.578. The van der Waals surface area contributed by atoms with Gasteiger partial charge >= 0.3 is 5.97 Å². The van der Waals surface area contributed by atoms with Crippen LogP contribution in [0.25, 0.3) is 0 Å². The number of unbranched alkanes of at least 4 members (excludes halogenated alkanes) is 4. The fraction of sp³-hybridized carbons (Fsp3) is 0.857. The average Bonchev–Trinajstić information content (AvgIpc) is 3.44. The molecule has 0 spiro atoms. The fourth-order valence-electron chi connectivity index (χ4n) is 6.55. The minimum absolute atomic E-state index is 0.0445. The van der Waals surface area contributed by atoms with Gasteiger partial charge in [-0.2, -0.15) is 0 Å². The Morgan fingerprint density at radius 1 is 0.982 bits per heavy atom. The Labute approximate surface area is 329 Å². The monoisotopic (exact) mass is 825 g/mol. The summed E-state index contributed by atoms with van der Waals surface area (Å²) in [5.41, 5.74) is 0. The molecule has 0 aromatic heterocycles. The first kappa shape index (κ1) is 47.8. The molecule has 3 rings (SSSR count). The molecule has 0 aromatic rings. The maximum atomic E-state index is 12.7. The van der Waals surface area contributed by atoms with Crippen LogP contribution < -0.4 is 10.6 Å². The van der Waals surface area contributed by atoms with Crippen molar-refractivity contribution in [1.82, 2.24) is 15.5 Å². The van der Waals surface area contributed by atoms with Gasteiger partial charge < -0.3 is 70.4 Å². The first-order valence-electron chi connectivity index (χ1n) is 19.0. The average molecular weight is 826 g/mol. The highest BCUT2D eigenvalue weighted by molar-refractivity contribution is 8.00. The van der Waals surface area contributed by atoms with Crippen LogP contribution in [0.15, 0.2) is 0 Å². The lowest BCUT2D eigenvalue weighted by molar-refractivity contribution is -0.342. The number of hydrogen-bond acceptors (Lipinski definition) is 17. The van der Waals surface area contributed by atoms with E-state index in [1.807, 2.05) is 0 Å². The standard InChI is InChI=1S/C35H59N3O17S/c1-19-20(40)16-35(34(50)51,55-31(19)27(45)21(41)17-39)53-18-22-28(46)29(47)30(48)33(54-22)52-13-8-4-6-11-37-25(43)10-14-56-23-15-26(44)38(32(23)49)12-7-3-5-9-24(42)36-2/h19-23,27-31,33,39-41,45-48H,3-18H2,1-2H3,(H,36,42)(H,37,43)(H,50,51)/t19-,20-,21-,22?,23?,27-,28+,29+,30?,31?,33+,35-/m1/s1. The lowest BCUT2D eigenvalue weighted by Crippen LogP contribution is -2.63. The number of carboxylic acids is 1. The summed E-state index contributed by atoms with van der Waals surface area (Å²) in [7, 11) is 1.57. The van der Waals surface area contributed by atoms with E-state index in [2.05, 4.69) is 10.6 Å². The van der Waals surface area contributed by atoms with Crippen LogP contribution in [0.2, 0.25) is 0 Å². The van der Waals surface area contributed by atoms with Crippen LogP contribution in [0.5, 0.6) is 0 Å². The van der Waals surface area contributed by atoms with Gasteiger partial charge in [0.25, 0.3) is 5.79 Å². The maximum absolute atomic E-state index is 12.7. The maximum Gasteiger partial charge on any atom is 0.364 e. The van der Waals surface area contributed by atoms with Gasteiger partial charge in [-0.1, -0.05) is 13.3 Å². The zero-order chi connectivity index (χ0) is 41.6. The number of aliphatic hydroxyl groups is 7. The van der Waals surface area contributed by atoms with Gasteiger partial charge in [0.15, 0.2) is 6.29 Å². The van der Waals surface area contributed by atoms with Crippen molar-refractivity contribution in [3.63, 3.8) is 0 Å². The molecule has 12 atom stereocenters. The number of likely N-dealkylation sites (tertiary alicyclic amines) is 1. The summed E-state index contributed by atoms with van der Waals surface area (Å²) in [5.74, 6) is -5.52. The Morgan fingerprint density at radius 3 is 2.38 bits per heavy atom. The minimum Gasteiger partial charge on any atom is -0.477 e. The Hall–Kier alpha value is -2.54. The van der Waals surface area contributed by atoms with Crippen molar-refractivity contribution in [2.75, 3.05) is 45.7 Å². The number of nitrogens with one attached hydrogen (secondary N) is 2. The van der Waals surface area contributed by atoms with E-state index in [1.165, 1.54) is 23.6 Å². The van der Waals surface area contributed by atoms with E-state index in [1.54, 1.807) is 7.05 Å². The molecule has 3 aliphatic heterocycles. The van der Waals surface area contributed by atoms with E-state index in [0.29, 0.717) is 57.4 Å². The van der Waals surface area contributed by atoms with Crippen molar-refractivity contribution in [3.8, 4) is 0 Å². The zero-order valence-electron chi connectivity index (χ0n) is 31.8. The van der Waals surface area contributed by atoms with Gasteiger partial charge in [0, 0.05) is 64.1 Å². The van der Waals surface area contributed by atoms with Crippen LogP contribution >= 0.6 is 11.8 Å². The predicted molar refractivity (Wildman–Crippen MR) is 194 cm³/mol. The first-order chi connectivity index (χ1) is 26.6. The number of carbonyl (C=O) groups excluding carboxylic acids is 4. The second-order valence-corrected chi connectivity index (χ2v) is 15.6. The summed E-state index contributed by atoms with van der Waals surface area (Å²) >= 11 is 1.27. The van der Waals surface area contributed by atoms with Crippen LogP contribution in [-0.4, -0.2) is 187 Å². The number of carboxylic acid groups (broad SMARTS) is 1. The van der Waals surface area contributed by atoms with Gasteiger partial charge in [0.05, 0.1) is 30.7 Å². The molecule has 56 heavy (non-hydrogen) atoms. The number of aliphatic carboxylic acids is 1. The van der Waals surface area contributed by atoms with Crippen molar-refractivity contribution < 1.29 is 83.8 Å². The first-order valence-corrected chi connectivity index (χ1v) is 20.1. The molecule has 10 N–H and O–H groups in total. The van der Waals surface area contributed by atoms with Gasteiger partial charge in [-0.3, -0.25) is 24.1 Å². The van der Waals surface area contributed by atoms with E-state index in [0.717, 1.165) is 6.42 Å². The number of amides is 4. The largest absolute Gasteiger partial charge is 0.477 e. The number of ether oxygens (including phenoxy) is 4. The molecule has 0 radical (unpaired) electrons. The molecule has 0 bridgehead atoms. The van der Waals surface area contributed by atoms with Crippen molar-refractivity contribution in [2.45, 2.75) is 137 Å². The van der Waals surface area contributed by atoms with Crippen molar-refractivity contribution in [3.05, 3.63) is 0 Å². The minimum atomic E-state index is -2.57. The summed E-state index contributed by atoms with van der Waals surface area (Å²) < 4.78 is 22.3. The molecule has 3 heterocycles. The molecular formula is C35H59N3O17S. The van der Waals surface area contributed by atoms with Gasteiger partial charge in [0.2, 0.25) is 23.6 Å². The lowest BCUT2D eigenvalue weighted by Gasteiger charge is -2.46. The Balaban J connectivity index is 1.34. The Kier molecular flexibility index (Phi) is 19.8. The van der Waals surface area contributed by atoms with E-state index >= 15 is 0 Å². The highest BCUT2D eigenvalue weighted by atomic mass is 32.2. The van der Waals surface area contributed by atoms with Crippen molar-refractivity contribution in [2.24, 2.45) is 5.92 Å². The normalized spacial score (nSPS) is 31.9. The second-order valence-electron chi connectivity index (χ2n) is 14.3. The SMILES string of the molecule is CNC(=O)CCCCCN1C(=O)CC(SCCC(=O)NCCCCCO[C@H]2OC(CO[C@]3(C(=O)O)C[C@@H](O)[C@@H](C)C([C@H](O)[C@H](O)CO)O3)[C@H](O)[C@H](O)C2O)C1=O. The molecule has 0 aromatic carbocycles. The van der Waals surface area contributed by atoms with Gasteiger partial charge in [0.1, 0.15) is 36.6 Å².